The summed E-state index contributed by atoms with van der Waals surface area (Å²) in [5, 5.41) is 8.53. The minimum atomic E-state index is -1.85. The lowest BCUT2D eigenvalue weighted by Gasteiger charge is -2.09. The summed E-state index contributed by atoms with van der Waals surface area (Å²) in [4.78, 5) is 10.4. The summed E-state index contributed by atoms with van der Waals surface area (Å²) >= 11 is 12.2. The first-order valence-electron chi connectivity index (χ1n) is 9.01. The molecule has 1 N–H and O–H groups in total. The Bertz CT molecular complexity index is 268. The second kappa shape index (κ2) is 14.8. The van der Waals surface area contributed by atoms with Gasteiger partial charge in [0.1, 0.15) is 0 Å². The number of carbonyl (C=O) groups is 1. The fraction of sp³-hybridized carbons (Fsp3) is 0.941. The smallest absolute Gasteiger partial charge is 0.303 e. The monoisotopic (exact) mass is 368 g/mol. The van der Waals surface area contributed by atoms with E-state index in [0.717, 1.165) is 18.9 Å². The summed E-state index contributed by atoms with van der Waals surface area (Å²) in [6, 6.07) is 1.03. The van der Waals surface area contributed by atoms with E-state index in [-0.39, 0.29) is 0 Å². The summed E-state index contributed by atoms with van der Waals surface area (Å²) in [6.45, 7) is 0.152. The normalized spacial score (nSPS) is 11.8. The molecule has 0 heterocycles. The van der Waals surface area contributed by atoms with Crippen molar-refractivity contribution >= 4 is 34.8 Å². The van der Waals surface area contributed by atoms with Crippen LogP contribution in [0.15, 0.2) is 0 Å². The lowest BCUT2D eigenvalue weighted by Crippen LogP contribution is -2.11. The number of halogens is 2. The minimum Gasteiger partial charge on any atom is -0.481 e. The predicted molar refractivity (Wildman–Crippen MR) is 100 cm³/mol. The van der Waals surface area contributed by atoms with E-state index in [2.05, 4.69) is 0 Å². The molecule has 5 heteroatoms. The molecule has 0 aromatic heterocycles. The van der Waals surface area contributed by atoms with Crippen LogP contribution in [0.2, 0.25) is 12.6 Å². The quantitative estimate of drug-likeness (QED) is 0.179. The van der Waals surface area contributed by atoms with Gasteiger partial charge in [-0.1, -0.05) is 77.0 Å². The second-order valence-corrected chi connectivity index (χ2v) is 14.8. The Kier molecular flexibility index (Phi) is 15.0. The SMILES string of the molecule is C[Si](Cl)(Cl)CCCCCCCCCCCCCCCC(=O)O. The maximum absolute atomic E-state index is 10.4. The lowest BCUT2D eigenvalue weighted by molar-refractivity contribution is -0.137. The highest BCUT2D eigenvalue weighted by molar-refractivity contribution is 7.44. The van der Waals surface area contributed by atoms with Crippen LogP contribution >= 0.6 is 22.2 Å². The summed E-state index contributed by atoms with van der Waals surface area (Å²) in [5.74, 6) is -0.665. The zero-order chi connectivity index (χ0) is 16.7. The van der Waals surface area contributed by atoms with E-state index in [9.17, 15) is 4.79 Å². The third-order valence-electron chi connectivity index (χ3n) is 4.01. The van der Waals surface area contributed by atoms with Gasteiger partial charge >= 0.3 is 5.97 Å². The number of aliphatic carboxylic acids is 1. The van der Waals surface area contributed by atoms with Gasteiger partial charge in [0.05, 0.1) is 0 Å². The van der Waals surface area contributed by atoms with Gasteiger partial charge in [-0.2, -0.15) is 0 Å². The largest absolute Gasteiger partial charge is 0.481 e. The Morgan fingerprint density at radius 1 is 0.727 bits per heavy atom. The van der Waals surface area contributed by atoms with E-state index in [0.29, 0.717) is 6.42 Å². The van der Waals surface area contributed by atoms with Gasteiger partial charge in [0, 0.05) is 6.42 Å². The molecule has 0 aliphatic heterocycles. The van der Waals surface area contributed by atoms with E-state index in [1.165, 1.54) is 70.6 Å². The molecule has 2 nitrogen and oxygen atoms in total. The minimum absolute atomic E-state index is 0.331. The zero-order valence-electron chi connectivity index (χ0n) is 14.2. The molecular formula is C17H34Cl2O2Si. The van der Waals surface area contributed by atoms with Crippen molar-refractivity contribution in [3.8, 4) is 0 Å². The fourth-order valence-electron chi connectivity index (χ4n) is 2.66. The van der Waals surface area contributed by atoms with Crippen LogP contribution < -0.4 is 0 Å². The van der Waals surface area contributed by atoms with Crippen molar-refractivity contribution in [3.05, 3.63) is 0 Å². The topological polar surface area (TPSA) is 37.3 Å². The van der Waals surface area contributed by atoms with E-state index >= 15 is 0 Å². The maximum Gasteiger partial charge on any atom is 0.303 e. The Hall–Kier alpha value is 0.267. The van der Waals surface area contributed by atoms with Gasteiger partial charge in [-0.25, -0.2) is 0 Å². The van der Waals surface area contributed by atoms with Crippen molar-refractivity contribution in [2.75, 3.05) is 0 Å². The third kappa shape index (κ3) is 20.3. The molecule has 0 amide bonds. The molecule has 0 spiro atoms. The lowest BCUT2D eigenvalue weighted by atomic mass is 10.0. The second-order valence-electron chi connectivity index (χ2n) is 6.56. The molecule has 0 radical (unpaired) electrons. The van der Waals surface area contributed by atoms with E-state index < -0.39 is 12.7 Å². The maximum atomic E-state index is 10.4. The van der Waals surface area contributed by atoms with Crippen molar-refractivity contribution in [3.63, 3.8) is 0 Å². The van der Waals surface area contributed by atoms with Crippen molar-refractivity contribution in [1.29, 1.82) is 0 Å². The van der Waals surface area contributed by atoms with Gasteiger partial charge in [0.15, 0.2) is 0 Å². The molecule has 0 rings (SSSR count). The zero-order valence-corrected chi connectivity index (χ0v) is 16.7. The van der Waals surface area contributed by atoms with Gasteiger partial charge in [-0.3, -0.25) is 4.79 Å². The van der Waals surface area contributed by atoms with Crippen molar-refractivity contribution < 1.29 is 9.90 Å². The average molecular weight is 369 g/mol. The van der Waals surface area contributed by atoms with E-state index in [4.69, 9.17) is 27.3 Å². The van der Waals surface area contributed by atoms with Gasteiger partial charge in [0.2, 0.25) is 6.69 Å². The van der Waals surface area contributed by atoms with Crippen molar-refractivity contribution in [1.82, 2.24) is 0 Å². The molecule has 0 aliphatic carbocycles. The first-order chi connectivity index (χ1) is 10.4. The van der Waals surface area contributed by atoms with Gasteiger partial charge in [-0.15, -0.1) is 22.2 Å². The number of unbranched alkanes of at least 4 members (excludes halogenated alkanes) is 12. The highest BCUT2D eigenvalue weighted by Crippen LogP contribution is 2.23. The number of rotatable bonds is 16. The van der Waals surface area contributed by atoms with E-state index in [1.54, 1.807) is 0 Å². The molecule has 0 aromatic rings. The van der Waals surface area contributed by atoms with Gasteiger partial charge in [0.25, 0.3) is 0 Å². The Labute approximate surface area is 147 Å². The van der Waals surface area contributed by atoms with Crippen LogP contribution in [-0.2, 0) is 4.79 Å². The summed E-state index contributed by atoms with van der Waals surface area (Å²) in [5.41, 5.74) is 0. The number of hydrogen-bond acceptors (Lipinski definition) is 1. The van der Waals surface area contributed by atoms with Crippen LogP contribution in [0, 0.1) is 0 Å². The van der Waals surface area contributed by atoms with Crippen LogP contribution in [0.1, 0.15) is 89.9 Å². The Balaban J connectivity index is 3.04. The molecule has 0 atom stereocenters. The van der Waals surface area contributed by atoms with Crippen LogP contribution in [0.25, 0.3) is 0 Å². The van der Waals surface area contributed by atoms with Crippen LogP contribution in [0.3, 0.4) is 0 Å². The molecule has 0 saturated heterocycles. The molecule has 0 aliphatic rings. The highest BCUT2D eigenvalue weighted by atomic mass is 35.7. The standard InChI is InChI=1S/C17H34Cl2O2Si/c1-22(18,19)16-14-12-10-8-6-4-2-3-5-7-9-11-13-15-17(20)21/h2-16H2,1H3,(H,20,21). The molecule has 0 bridgehead atoms. The molecule has 0 unspecified atom stereocenters. The van der Waals surface area contributed by atoms with Gasteiger partial charge < -0.3 is 5.11 Å². The number of carboxylic acid groups (broad SMARTS) is 1. The molecule has 132 valence electrons. The first-order valence-corrected chi connectivity index (χ1v) is 13.7. The van der Waals surface area contributed by atoms with Crippen LogP contribution in [0.4, 0.5) is 0 Å². The van der Waals surface area contributed by atoms with Crippen LogP contribution in [-0.4, -0.2) is 17.8 Å². The van der Waals surface area contributed by atoms with Gasteiger partial charge in [-0.05, 0) is 19.0 Å². The predicted octanol–water partition coefficient (Wildman–Crippen LogP) is 7.08. The number of hydrogen-bond donors (Lipinski definition) is 1. The Morgan fingerprint density at radius 2 is 1.05 bits per heavy atom. The van der Waals surface area contributed by atoms with Crippen molar-refractivity contribution in [2.45, 2.75) is 102 Å². The molecule has 0 saturated carbocycles. The van der Waals surface area contributed by atoms with Crippen molar-refractivity contribution in [2.24, 2.45) is 0 Å². The van der Waals surface area contributed by atoms with Crippen LogP contribution in [0.5, 0.6) is 0 Å². The summed E-state index contributed by atoms with van der Waals surface area (Å²) in [7, 11) is 0. The fourth-order valence-corrected chi connectivity index (χ4v) is 4.33. The summed E-state index contributed by atoms with van der Waals surface area (Å²) in [6.07, 6.45) is 16.5. The third-order valence-corrected chi connectivity index (χ3v) is 6.37. The molecule has 22 heavy (non-hydrogen) atoms. The molecule has 0 aromatic carbocycles. The summed E-state index contributed by atoms with van der Waals surface area (Å²) < 4.78 is 0. The molecule has 0 fully saturated rings. The highest BCUT2D eigenvalue weighted by Gasteiger charge is 2.19. The number of carboxylic acids is 1. The first kappa shape index (κ1) is 22.3. The van der Waals surface area contributed by atoms with E-state index in [1.807, 2.05) is 6.55 Å². The average Bonchev–Trinajstić information content (AvgIpc) is 2.41. The molecular weight excluding hydrogens is 335 g/mol. The Morgan fingerprint density at radius 3 is 1.36 bits per heavy atom.